The number of unbranched alkanes of at least 4 members (excludes halogenated alkanes) is 1. The monoisotopic (exact) mass is 160 g/mol. The maximum atomic E-state index is 10.6. The van der Waals surface area contributed by atoms with Gasteiger partial charge in [0, 0.05) is 11.7 Å². The highest BCUT2D eigenvalue weighted by atomic mass is 32.1. The molecule has 0 aromatic carbocycles. The predicted octanol–water partition coefficient (Wildman–Crippen LogP) is 2.45. The van der Waals surface area contributed by atoms with Gasteiger partial charge < -0.3 is 0 Å². The van der Waals surface area contributed by atoms with Gasteiger partial charge in [0.15, 0.2) is 0 Å². The van der Waals surface area contributed by atoms with Crippen molar-refractivity contribution in [3.8, 4) is 0 Å². The molecule has 0 radical (unpaired) electrons. The first-order chi connectivity index (χ1) is 4.66. The standard InChI is InChI=1S/C8H16OS/c1-3-4-5-8(10)6-7(2)9/h8,10H,3-6H2,1-2H3. The van der Waals surface area contributed by atoms with Crippen LogP contribution in [-0.4, -0.2) is 11.0 Å². The minimum Gasteiger partial charge on any atom is -0.300 e. The van der Waals surface area contributed by atoms with Gasteiger partial charge in [0.25, 0.3) is 0 Å². The highest BCUT2D eigenvalue weighted by Crippen LogP contribution is 2.10. The van der Waals surface area contributed by atoms with Crippen molar-refractivity contribution in [2.24, 2.45) is 0 Å². The first-order valence-electron chi connectivity index (χ1n) is 3.84. The summed E-state index contributed by atoms with van der Waals surface area (Å²) in [6.45, 7) is 3.77. The zero-order valence-corrected chi connectivity index (χ0v) is 7.66. The zero-order chi connectivity index (χ0) is 7.98. The van der Waals surface area contributed by atoms with Crippen LogP contribution in [0.15, 0.2) is 0 Å². The second kappa shape index (κ2) is 5.78. The summed E-state index contributed by atoms with van der Waals surface area (Å²) < 4.78 is 0. The first kappa shape index (κ1) is 10.0. The van der Waals surface area contributed by atoms with Crippen LogP contribution in [0, 0.1) is 0 Å². The Kier molecular flexibility index (Phi) is 5.79. The SMILES string of the molecule is CCCCC(S)CC(C)=O. The molecule has 0 aromatic rings. The molecule has 10 heavy (non-hydrogen) atoms. The van der Waals surface area contributed by atoms with Crippen molar-refractivity contribution in [1.29, 1.82) is 0 Å². The molecule has 1 atom stereocenters. The van der Waals surface area contributed by atoms with E-state index in [1.54, 1.807) is 6.92 Å². The van der Waals surface area contributed by atoms with E-state index >= 15 is 0 Å². The summed E-state index contributed by atoms with van der Waals surface area (Å²) in [5, 5.41) is 0.289. The number of hydrogen-bond acceptors (Lipinski definition) is 2. The lowest BCUT2D eigenvalue weighted by Gasteiger charge is -2.05. The zero-order valence-electron chi connectivity index (χ0n) is 6.76. The fraction of sp³-hybridized carbons (Fsp3) is 0.875. The topological polar surface area (TPSA) is 17.1 Å². The molecule has 0 heterocycles. The van der Waals surface area contributed by atoms with Crippen LogP contribution in [-0.2, 0) is 4.79 Å². The van der Waals surface area contributed by atoms with Gasteiger partial charge in [0.05, 0.1) is 0 Å². The van der Waals surface area contributed by atoms with Crippen LogP contribution in [0.2, 0.25) is 0 Å². The molecular formula is C8H16OS. The van der Waals surface area contributed by atoms with Crippen molar-refractivity contribution < 1.29 is 4.79 Å². The fourth-order valence-electron chi connectivity index (χ4n) is 0.874. The Morgan fingerprint density at radius 2 is 2.20 bits per heavy atom. The molecule has 0 amide bonds. The number of rotatable bonds is 5. The predicted molar refractivity (Wildman–Crippen MR) is 47.6 cm³/mol. The Morgan fingerprint density at radius 1 is 1.60 bits per heavy atom. The molecule has 1 nitrogen and oxygen atoms in total. The molecule has 0 fully saturated rings. The summed E-state index contributed by atoms with van der Waals surface area (Å²) in [6, 6.07) is 0. The average Bonchev–Trinajstić information content (AvgIpc) is 1.82. The second-order valence-corrected chi connectivity index (χ2v) is 3.43. The van der Waals surface area contributed by atoms with Gasteiger partial charge in [-0.25, -0.2) is 0 Å². The van der Waals surface area contributed by atoms with Gasteiger partial charge in [-0.1, -0.05) is 19.8 Å². The van der Waals surface area contributed by atoms with Crippen LogP contribution >= 0.6 is 12.6 Å². The number of Topliss-reactive ketones (excluding diaryl/α,β-unsaturated/α-hetero) is 1. The van der Waals surface area contributed by atoms with E-state index in [1.807, 2.05) is 0 Å². The van der Waals surface area contributed by atoms with Gasteiger partial charge in [-0.15, -0.1) is 0 Å². The van der Waals surface area contributed by atoms with Crippen LogP contribution < -0.4 is 0 Å². The number of carbonyl (C=O) groups is 1. The molecule has 0 saturated carbocycles. The van der Waals surface area contributed by atoms with Crippen molar-refractivity contribution in [1.82, 2.24) is 0 Å². The lowest BCUT2D eigenvalue weighted by molar-refractivity contribution is -0.117. The van der Waals surface area contributed by atoms with E-state index < -0.39 is 0 Å². The minimum atomic E-state index is 0.246. The molecule has 0 bridgehead atoms. The Labute approximate surface area is 68.6 Å². The van der Waals surface area contributed by atoms with Gasteiger partial charge in [0.1, 0.15) is 5.78 Å². The van der Waals surface area contributed by atoms with Crippen LogP contribution in [0.5, 0.6) is 0 Å². The molecule has 0 aliphatic heterocycles. The third-order valence-corrected chi connectivity index (χ3v) is 1.85. The Morgan fingerprint density at radius 3 is 2.60 bits per heavy atom. The molecule has 0 rings (SSSR count). The highest BCUT2D eigenvalue weighted by Gasteiger charge is 2.04. The number of hydrogen-bond donors (Lipinski definition) is 1. The Hall–Kier alpha value is 0.0200. The molecule has 60 valence electrons. The summed E-state index contributed by atoms with van der Waals surface area (Å²) in [6.07, 6.45) is 4.07. The quantitative estimate of drug-likeness (QED) is 0.611. The van der Waals surface area contributed by atoms with Gasteiger partial charge in [-0.3, -0.25) is 4.79 Å². The van der Waals surface area contributed by atoms with E-state index in [-0.39, 0.29) is 11.0 Å². The van der Waals surface area contributed by atoms with E-state index in [1.165, 1.54) is 12.8 Å². The van der Waals surface area contributed by atoms with E-state index in [0.29, 0.717) is 6.42 Å². The van der Waals surface area contributed by atoms with Gasteiger partial charge >= 0.3 is 0 Å². The van der Waals surface area contributed by atoms with Crippen molar-refractivity contribution in [2.45, 2.75) is 44.8 Å². The molecule has 0 N–H and O–H groups in total. The maximum Gasteiger partial charge on any atom is 0.130 e. The Balaban J connectivity index is 3.25. The maximum absolute atomic E-state index is 10.6. The van der Waals surface area contributed by atoms with Crippen molar-refractivity contribution in [3.05, 3.63) is 0 Å². The van der Waals surface area contributed by atoms with Crippen LogP contribution in [0.3, 0.4) is 0 Å². The molecule has 2 heteroatoms. The molecule has 0 spiro atoms. The van der Waals surface area contributed by atoms with Crippen molar-refractivity contribution >= 4 is 18.4 Å². The van der Waals surface area contributed by atoms with Crippen LogP contribution in [0.4, 0.5) is 0 Å². The first-order valence-corrected chi connectivity index (χ1v) is 4.36. The smallest absolute Gasteiger partial charge is 0.130 e. The number of carbonyl (C=O) groups excluding carboxylic acids is 1. The van der Waals surface area contributed by atoms with Gasteiger partial charge in [-0.2, -0.15) is 12.6 Å². The lowest BCUT2D eigenvalue weighted by atomic mass is 10.1. The summed E-state index contributed by atoms with van der Waals surface area (Å²) in [5.41, 5.74) is 0. The summed E-state index contributed by atoms with van der Waals surface area (Å²) in [5.74, 6) is 0.246. The third kappa shape index (κ3) is 6.14. The van der Waals surface area contributed by atoms with E-state index in [0.717, 1.165) is 6.42 Å². The number of thiol groups is 1. The molecule has 0 aromatic heterocycles. The normalized spacial score (nSPS) is 13.1. The van der Waals surface area contributed by atoms with Crippen molar-refractivity contribution in [2.75, 3.05) is 0 Å². The average molecular weight is 160 g/mol. The molecule has 1 unspecified atom stereocenters. The van der Waals surface area contributed by atoms with E-state index in [2.05, 4.69) is 19.6 Å². The van der Waals surface area contributed by atoms with E-state index in [4.69, 9.17) is 0 Å². The lowest BCUT2D eigenvalue weighted by Crippen LogP contribution is -2.04. The Bertz CT molecular complexity index is 101. The summed E-state index contributed by atoms with van der Waals surface area (Å²) >= 11 is 4.28. The van der Waals surface area contributed by atoms with Crippen molar-refractivity contribution in [3.63, 3.8) is 0 Å². The molecule has 0 aliphatic rings. The largest absolute Gasteiger partial charge is 0.300 e. The summed E-state index contributed by atoms with van der Waals surface area (Å²) in [4.78, 5) is 10.6. The summed E-state index contributed by atoms with van der Waals surface area (Å²) in [7, 11) is 0. The van der Waals surface area contributed by atoms with Gasteiger partial charge in [0.2, 0.25) is 0 Å². The van der Waals surface area contributed by atoms with Crippen LogP contribution in [0.25, 0.3) is 0 Å². The molecular weight excluding hydrogens is 144 g/mol. The van der Waals surface area contributed by atoms with E-state index in [9.17, 15) is 4.79 Å². The van der Waals surface area contributed by atoms with Crippen LogP contribution in [0.1, 0.15) is 39.5 Å². The highest BCUT2D eigenvalue weighted by molar-refractivity contribution is 7.81. The molecule has 0 saturated heterocycles. The second-order valence-electron chi connectivity index (χ2n) is 2.70. The van der Waals surface area contributed by atoms with Gasteiger partial charge in [-0.05, 0) is 13.3 Å². The minimum absolute atomic E-state index is 0.246. The number of ketones is 1. The molecule has 0 aliphatic carbocycles. The third-order valence-electron chi connectivity index (χ3n) is 1.41. The fourth-order valence-corrected chi connectivity index (χ4v) is 1.31.